The van der Waals surface area contributed by atoms with Gasteiger partial charge in [0.15, 0.2) is 0 Å². The molecule has 1 amide bonds. The van der Waals surface area contributed by atoms with Crippen LogP contribution in [0.3, 0.4) is 0 Å². The molecule has 17 heavy (non-hydrogen) atoms. The van der Waals surface area contributed by atoms with Crippen molar-refractivity contribution in [2.75, 3.05) is 18.9 Å². The third-order valence-corrected chi connectivity index (χ3v) is 2.65. The van der Waals surface area contributed by atoms with Crippen LogP contribution < -0.4 is 11.1 Å². The van der Waals surface area contributed by atoms with Crippen molar-refractivity contribution in [1.82, 2.24) is 5.32 Å². The molecule has 5 heteroatoms. The maximum absolute atomic E-state index is 11.9. The number of hydrogen-bond donors (Lipinski definition) is 4. The summed E-state index contributed by atoms with van der Waals surface area (Å²) < 4.78 is 0. The Bertz CT molecular complexity index is 414. The van der Waals surface area contributed by atoms with Gasteiger partial charge in [-0.3, -0.25) is 4.79 Å². The summed E-state index contributed by atoms with van der Waals surface area (Å²) in [6, 6.07) is 4.97. The SMILES string of the molecule is Cc1ccc(C(=O)NC(C)(CO)CO)cc1N. The summed E-state index contributed by atoms with van der Waals surface area (Å²) in [5.41, 5.74) is 6.51. The summed E-state index contributed by atoms with van der Waals surface area (Å²) in [6.45, 7) is 2.73. The number of aliphatic hydroxyl groups excluding tert-OH is 2. The van der Waals surface area contributed by atoms with Crippen molar-refractivity contribution >= 4 is 11.6 Å². The quantitative estimate of drug-likeness (QED) is 0.557. The Kier molecular flexibility index (Phi) is 4.09. The van der Waals surface area contributed by atoms with Crippen LogP contribution in [0.4, 0.5) is 5.69 Å². The van der Waals surface area contributed by atoms with Crippen LogP contribution in [0.25, 0.3) is 0 Å². The van der Waals surface area contributed by atoms with E-state index < -0.39 is 5.54 Å². The van der Waals surface area contributed by atoms with Gasteiger partial charge in [0.25, 0.3) is 5.91 Å². The van der Waals surface area contributed by atoms with Crippen molar-refractivity contribution in [1.29, 1.82) is 0 Å². The first-order valence-electron chi connectivity index (χ1n) is 5.32. The van der Waals surface area contributed by atoms with Gasteiger partial charge in [-0.2, -0.15) is 0 Å². The summed E-state index contributed by atoms with van der Waals surface area (Å²) in [7, 11) is 0. The molecule has 0 bridgehead atoms. The van der Waals surface area contributed by atoms with Crippen LogP contribution in [0.1, 0.15) is 22.8 Å². The standard InChI is InChI=1S/C12H18N2O3/c1-8-3-4-9(5-10(8)13)11(17)14-12(2,6-15)7-16/h3-5,15-16H,6-7,13H2,1-2H3,(H,14,17). The number of nitrogen functional groups attached to an aromatic ring is 1. The zero-order valence-electron chi connectivity index (χ0n) is 10.0. The first kappa shape index (κ1) is 13.5. The first-order chi connectivity index (χ1) is 7.91. The number of nitrogens with one attached hydrogen (secondary N) is 1. The lowest BCUT2D eigenvalue weighted by molar-refractivity contribution is 0.0724. The minimum absolute atomic E-state index is 0.337. The van der Waals surface area contributed by atoms with Crippen LogP contribution >= 0.6 is 0 Å². The monoisotopic (exact) mass is 238 g/mol. The zero-order chi connectivity index (χ0) is 13.1. The summed E-state index contributed by atoms with van der Waals surface area (Å²) >= 11 is 0. The lowest BCUT2D eigenvalue weighted by Crippen LogP contribution is -2.51. The Morgan fingerprint density at radius 1 is 1.41 bits per heavy atom. The molecular weight excluding hydrogens is 220 g/mol. The molecule has 1 aromatic carbocycles. The number of amides is 1. The first-order valence-corrected chi connectivity index (χ1v) is 5.32. The average Bonchev–Trinajstić information content (AvgIpc) is 2.32. The van der Waals surface area contributed by atoms with Crippen LogP contribution in [0, 0.1) is 6.92 Å². The molecular formula is C12H18N2O3. The number of hydrogen-bond acceptors (Lipinski definition) is 4. The van der Waals surface area contributed by atoms with Gasteiger partial charge in [0.1, 0.15) is 0 Å². The van der Waals surface area contributed by atoms with Crippen LogP contribution in [-0.4, -0.2) is 34.9 Å². The summed E-state index contributed by atoms with van der Waals surface area (Å²) in [6.07, 6.45) is 0. The second-order valence-electron chi connectivity index (χ2n) is 4.40. The van der Waals surface area contributed by atoms with E-state index in [4.69, 9.17) is 15.9 Å². The maximum Gasteiger partial charge on any atom is 0.251 e. The molecule has 5 nitrogen and oxygen atoms in total. The van der Waals surface area contributed by atoms with Gasteiger partial charge in [-0.15, -0.1) is 0 Å². The summed E-state index contributed by atoms with van der Waals surface area (Å²) in [5.74, 6) is -0.373. The van der Waals surface area contributed by atoms with E-state index in [1.54, 1.807) is 25.1 Å². The minimum Gasteiger partial charge on any atom is -0.398 e. The van der Waals surface area contributed by atoms with E-state index in [2.05, 4.69) is 5.32 Å². The van der Waals surface area contributed by atoms with Gasteiger partial charge >= 0.3 is 0 Å². The number of carbonyl (C=O) groups is 1. The Morgan fingerprint density at radius 2 is 2.00 bits per heavy atom. The molecule has 0 spiro atoms. The molecule has 0 heterocycles. The van der Waals surface area contributed by atoms with E-state index in [0.717, 1.165) is 5.56 Å². The Hall–Kier alpha value is -1.59. The molecule has 0 aliphatic heterocycles. The maximum atomic E-state index is 11.9. The normalized spacial score (nSPS) is 11.3. The molecule has 1 rings (SSSR count). The van der Waals surface area contributed by atoms with Crippen molar-refractivity contribution < 1.29 is 15.0 Å². The van der Waals surface area contributed by atoms with Crippen LogP contribution in [-0.2, 0) is 0 Å². The van der Waals surface area contributed by atoms with Gasteiger partial charge in [0.05, 0.1) is 18.8 Å². The van der Waals surface area contributed by atoms with Crippen molar-refractivity contribution in [3.8, 4) is 0 Å². The number of rotatable bonds is 4. The minimum atomic E-state index is -1.03. The highest BCUT2D eigenvalue weighted by Gasteiger charge is 2.25. The van der Waals surface area contributed by atoms with Gasteiger partial charge in [-0.05, 0) is 31.5 Å². The van der Waals surface area contributed by atoms with Crippen molar-refractivity contribution in [3.63, 3.8) is 0 Å². The average molecular weight is 238 g/mol. The fourth-order valence-electron chi connectivity index (χ4n) is 1.26. The van der Waals surface area contributed by atoms with Gasteiger partial charge < -0.3 is 21.3 Å². The molecule has 0 atom stereocenters. The van der Waals surface area contributed by atoms with E-state index in [1.165, 1.54) is 0 Å². The summed E-state index contributed by atoms with van der Waals surface area (Å²) in [4.78, 5) is 11.9. The number of anilines is 1. The molecule has 0 unspecified atom stereocenters. The van der Waals surface area contributed by atoms with Crippen LogP contribution in [0.2, 0.25) is 0 Å². The Morgan fingerprint density at radius 3 is 2.47 bits per heavy atom. The smallest absolute Gasteiger partial charge is 0.251 e. The van der Waals surface area contributed by atoms with Gasteiger partial charge in [0.2, 0.25) is 0 Å². The highest BCUT2D eigenvalue weighted by Crippen LogP contribution is 2.13. The molecule has 0 aromatic heterocycles. The molecule has 1 aromatic rings. The largest absolute Gasteiger partial charge is 0.398 e. The van der Waals surface area contributed by atoms with E-state index >= 15 is 0 Å². The molecule has 0 aliphatic carbocycles. The number of benzene rings is 1. The van der Waals surface area contributed by atoms with Gasteiger partial charge in [0, 0.05) is 11.3 Å². The number of nitrogens with two attached hydrogens (primary N) is 1. The second kappa shape index (κ2) is 5.16. The molecule has 0 saturated heterocycles. The fourth-order valence-corrected chi connectivity index (χ4v) is 1.26. The lowest BCUT2D eigenvalue weighted by Gasteiger charge is -2.26. The topological polar surface area (TPSA) is 95.6 Å². The van der Waals surface area contributed by atoms with Crippen molar-refractivity contribution in [2.45, 2.75) is 19.4 Å². The fraction of sp³-hybridized carbons (Fsp3) is 0.417. The number of carbonyl (C=O) groups excluding carboxylic acids is 1. The predicted molar refractivity (Wildman–Crippen MR) is 65.6 cm³/mol. The van der Waals surface area contributed by atoms with E-state index in [9.17, 15) is 4.79 Å². The van der Waals surface area contributed by atoms with Crippen LogP contribution in [0.15, 0.2) is 18.2 Å². The van der Waals surface area contributed by atoms with E-state index in [-0.39, 0.29) is 19.1 Å². The third-order valence-electron chi connectivity index (χ3n) is 2.65. The molecule has 0 saturated carbocycles. The number of aliphatic hydroxyl groups is 2. The van der Waals surface area contributed by atoms with Gasteiger partial charge in [-0.1, -0.05) is 6.07 Å². The zero-order valence-corrected chi connectivity index (χ0v) is 10.0. The third kappa shape index (κ3) is 3.18. The highest BCUT2D eigenvalue weighted by molar-refractivity contribution is 5.95. The highest BCUT2D eigenvalue weighted by atomic mass is 16.3. The number of aryl methyl sites for hydroxylation is 1. The Labute approximate surface area is 100 Å². The molecule has 0 aliphatic rings. The second-order valence-corrected chi connectivity index (χ2v) is 4.40. The molecule has 5 N–H and O–H groups in total. The van der Waals surface area contributed by atoms with Crippen molar-refractivity contribution in [3.05, 3.63) is 29.3 Å². The van der Waals surface area contributed by atoms with Gasteiger partial charge in [-0.25, -0.2) is 0 Å². The van der Waals surface area contributed by atoms with Crippen molar-refractivity contribution in [2.24, 2.45) is 0 Å². The molecule has 0 radical (unpaired) electrons. The Balaban J connectivity index is 2.86. The predicted octanol–water partition coefficient (Wildman–Crippen LogP) is 0.0503. The summed E-state index contributed by atoms with van der Waals surface area (Å²) in [5, 5.41) is 20.7. The lowest BCUT2D eigenvalue weighted by atomic mass is 10.0. The molecule has 0 fully saturated rings. The van der Waals surface area contributed by atoms with E-state index in [0.29, 0.717) is 11.3 Å². The molecule has 94 valence electrons. The van der Waals surface area contributed by atoms with Crippen LogP contribution in [0.5, 0.6) is 0 Å². The van der Waals surface area contributed by atoms with E-state index in [1.807, 2.05) is 6.92 Å².